The number of pyridine rings is 1. The first kappa shape index (κ1) is 17.9. The summed E-state index contributed by atoms with van der Waals surface area (Å²) in [6.45, 7) is 12.0. The molecular weight excluding hydrogens is 342 g/mol. The van der Waals surface area contributed by atoms with Gasteiger partial charge in [0.1, 0.15) is 11.7 Å². The van der Waals surface area contributed by atoms with Crippen molar-refractivity contribution in [2.75, 3.05) is 6.61 Å². The summed E-state index contributed by atoms with van der Waals surface area (Å²) in [5, 5.41) is 0.680. The van der Waals surface area contributed by atoms with Crippen molar-refractivity contribution in [3.63, 3.8) is 0 Å². The molecule has 1 saturated heterocycles. The molecule has 132 valence electrons. The van der Waals surface area contributed by atoms with Gasteiger partial charge in [-0.1, -0.05) is 32.4 Å². The Kier molecular flexibility index (Phi) is 4.77. The average molecular weight is 368 g/mol. The maximum Gasteiger partial charge on any atom is 0.192 e. The maximum absolute atomic E-state index is 6.31. The largest absolute Gasteiger partial charge is 0.414 e. The van der Waals surface area contributed by atoms with Crippen LogP contribution in [0.15, 0.2) is 18.6 Å². The molecule has 0 amide bonds. The molecule has 0 saturated carbocycles. The Hall–Kier alpha value is -0.953. The van der Waals surface area contributed by atoms with Crippen molar-refractivity contribution in [3.05, 3.63) is 23.7 Å². The Morgan fingerprint density at radius 3 is 2.79 bits per heavy atom. The highest BCUT2D eigenvalue weighted by molar-refractivity contribution is 6.74. The van der Waals surface area contributed by atoms with Crippen LogP contribution in [0.3, 0.4) is 0 Å². The number of fused-ring (bicyclic) bond motifs is 1. The first-order chi connectivity index (χ1) is 11.2. The van der Waals surface area contributed by atoms with Gasteiger partial charge in [-0.25, -0.2) is 9.97 Å². The van der Waals surface area contributed by atoms with Crippen molar-refractivity contribution >= 4 is 31.0 Å². The van der Waals surface area contributed by atoms with Crippen LogP contribution in [-0.4, -0.2) is 35.6 Å². The fourth-order valence-corrected chi connectivity index (χ4v) is 3.98. The number of aromatic nitrogens is 3. The quantitative estimate of drug-likeness (QED) is 0.576. The van der Waals surface area contributed by atoms with Crippen LogP contribution in [0.2, 0.25) is 23.3 Å². The van der Waals surface area contributed by atoms with Crippen LogP contribution in [-0.2, 0) is 9.16 Å². The SMILES string of the molecule is CC(C)(C)[Si](C)(C)OC[C@@H]1CC[C@H](n2cnc3ccnc(Cl)c32)O1. The van der Waals surface area contributed by atoms with E-state index in [2.05, 4.69) is 43.8 Å². The Morgan fingerprint density at radius 2 is 2.08 bits per heavy atom. The van der Waals surface area contributed by atoms with E-state index < -0.39 is 8.32 Å². The number of ether oxygens (including phenoxy) is 1. The minimum absolute atomic E-state index is 0.0512. The van der Waals surface area contributed by atoms with Gasteiger partial charge < -0.3 is 13.7 Å². The van der Waals surface area contributed by atoms with Crippen LogP contribution < -0.4 is 0 Å². The van der Waals surface area contributed by atoms with Crippen LogP contribution in [0.25, 0.3) is 11.0 Å². The molecule has 5 nitrogen and oxygen atoms in total. The molecule has 2 aromatic heterocycles. The highest BCUT2D eigenvalue weighted by Gasteiger charge is 2.38. The fraction of sp³-hybridized carbons (Fsp3) is 0.647. The van der Waals surface area contributed by atoms with E-state index in [4.69, 9.17) is 20.8 Å². The van der Waals surface area contributed by atoms with Gasteiger partial charge in [-0.2, -0.15) is 0 Å². The lowest BCUT2D eigenvalue weighted by molar-refractivity contribution is -0.0179. The summed E-state index contributed by atoms with van der Waals surface area (Å²) < 4.78 is 14.5. The van der Waals surface area contributed by atoms with Crippen molar-refractivity contribution < 1.29 is 9.16 Å². The van der Waals surface area contributed by atoms with Gasteiger partial charge in [0.05, 0.1) is 24.6 Å². The van der Waals surface area contributed by atoms with E-state index in [0.29, 0.717) is 11.8 Å². The van der Waals surface area contributed by atoms with E-state index in [9.17, 15) is 0 Å². The Morgan fingerprint density at radius 1 is 1.33 bits per heavy atom. The van der Waals surface area contributed by atoms with E-state index in [0.717, 1.165) is 23.9 Å². The summed E-state index contributed by atoms with van der Waals surface area (Å²) >= 11 is 6.24. The Bertz CT molecular complexity index is 726. The second-order valence-corrected chi connectivity index (χ2v) is 13.2. The summed E-state index contributed by atoms with van der Waals surface area (Å²) in [5.74, 6) is 0. The van der Waals surface area contributed by atoms with Crippen LogP contribution >= 0.6 is 11.6 Å². The van der Waals surface area contributed by atoms with Crippen LogP contribution in [0.4, 0.5) is 0 Å². The zero-order chi connectivity index (χ0) is 17.5. The van der Waals surface area contributed by atoms with Gasteiger partial charge in [0.15, 0.2) is 13.5 Å². The number of rotatable bonds is 4. The molecule has 1 fully saturated rings. The number of hydrogen-bond donors (Lipinski definition) is 0. The lowest BCUT2D eigenvalue weighted by Gasteiger charge is -2.36. The predicted octanol–water partition coefficient (Wildman–Crippen LogP) is 4.78. The molecule has 0 aromatic carbocycles. The smallest absolute Gasteiger partial charge is 0.192 e. The zero-order valence-corrected chi connectivity index (χ0v) is 16.8. The third-order valence-electron chi connectivity index (χ3n) is 5.27. The molecule has 1 aliphatic heterocycles. The van der Waals surface area contributed by atoms with Gasteiger partial charge in [-0.05, 0) is 37.0 Å². The van der Waals surface area contributed by atoms with Gasteiger partial charge in [-0.15, -0.1) is 0 Å². The number of hydrogen-bond acceptors (Lipinski definition) is 4. The minimum atomic E-state index is -1.74. The highest BCUT2D eigenvalue weighted by atomic mass is 35.5. The number of nitrogens with zero attached hydrogens (tertiary/aromatic N) is 3. The molecule has 0 radical (unpaired) electrons. The van der Waals surface area contributed by atoms with Crippen LogP contribution in [0.1, 0.15) is 39.8 Å². The van der Waals surface area contributed by atoms with E-state index in [-0.39, 0.29) is 17.4 Å². The molecule has 0 aliphatic carbocycles. The second kappa shape index (κ2) is 6.41. The molecule has 24 heavy (non-hydrogen) atoms. The molecule has 0 bridgehead atoms. The minimum Gasteiger partial charge on any atom is -0.414 e. The van der Waals surface area contributed by atoms with Crippen molar-refractivity contribution in [3.8, 4) is 0 Å². The Labute approximate surface area is 149 Å². The summed E-state index contributed by atoms with van der Waals surface area (Å²) in [5.41, 5.74) is 1.69. The second-order valence-electron chi connectivity index (χ2n) is 7.98. The fourth-order valence-electron chi connectivity index (χ4n) is 2.69. The standard InChI is InChI=1S/C17H26ClN3O2Si/c1-17(2,3)24(4,5)22-10-12-6-7-14(23-12)21-11-20-13-8-9-19-16(18)15(13)21/h8-9,11-12,14H,6-7,10H2,1-5H3/t12-,14+/m0/s1. The van der Waals surface area contributed by atoms with Crippen molar-refractivity contribution in [2.24, 2.45) is 0 Å². The summed E-state index contributed by atoms with van der Waals surface area (Å²) in [6, 6.07) is 1.87. The molecule has 3 heterocycles. The van der Waals surface area contributed by atoms with Gasteiger partial charge in [0, 0.05) is 6.20 Å². The maximum atomic E-state index is 6.31. The molecule has 0 spiro atoms. The zero-order valence-electron chi connectivity index (χ0n) is 15.0. The van der Waals surface area contributed by atoms with Crippen LogP contribution in [0, 0.1) is 0 Å². The third-order valence-corrected chi connectivity index (χ3v) is 10.0. The van der Waals surface area contributed by atoms with E-state index in [1.165, 1.54) is 0 Å². The van der Waals surface area contributed by atoms with Crippen molar-refractivity contribution in [1.82, 2.24) is 14.5 Å². The molecule has 2 atom stereocenters. The van der Waals surface area contributed by atoms with Gasteiger partial charge in [-0.3, -0.25) is 0 Å². The monoisotopic (exact) mass is 367 g/mol. The average Bonchev–Trinajstić information content (AvgIpc) is 3.11. The molecular formula is C17H26ClN3O2Si. The van der Waals surface area contributed by atoms with Gasteiger partial charge >= 0.3 is 0 Å². The predicted molar refractivity (Wildman–Crippen MR) is 98.8 cm³/mol. The van der Waals surface area contributed by atoms with Crippen LogP contribution in [0.5, 0.6) is 0 Å². The lowest BCUT2D eigenvalue weighted by Crippen LogP contribution is -2.42. The lowest BCUT2D eigenvalue weighted by atomic mass is 10.2. The summed E-state index contributed by atoms with van der Waals surface area (Å²) in [4.78, 5) is 8.56. The normalized spacial score (nSPS) is 22.4. The van der Waals surface area contributed by atoms with Crippen molar-refractivity contribution in [1.29, 1.82) is 0 Å². The topological polar surface area (TPSA) is 49.2 Å². The number of imidazole rings is 1. The third kappa shape index (κ3) is 3.38. The van der Waals surface area contributed by atoms with Gasteiger partial charge in [0.25, 0.3) is 0 Å². The molecule has 0 N–H and O–H groups in total. The summed E-state index contributed by atoms with van der Waals surface area (Å²) in [6.07, 6.45) is 5.45. The highest BCUT2D eigenvalue weighted by Crippen LogP contribution is 2.38. The van der Waals surface area contributed by atoms with Crippen molar-refractivity contribution in [2.45, 2.75) is 64.1 Å². The molecule has 0 unspecified atom stereocenters. The number of halogens is 1. The molecule has 7 heteroatoms. The molecule has 1 aliphatic rings. The first-order valence-electron chi connectivity index (χ1n) is 8.45. The van der Waals surface area contributed by atoms with E-state index >= 15 is 0 Å². The molecule has 3 rings (SSSR count). The van der Waals surface area contributed by atoms with Gasteiger partial charge in [0.2, 0.25) is 0 Å². The summed E-state index contributed by atoms with van der Waals surface area (Å²) in [7, 11) is -1.74. The Balaban J connectivity index is 1.67. The van der Waals surface area contributed by atoms with E-state index in [1.54, 1.807) is 12.5 Å². The van der Waals surface area contributed by atoms with E-state index in [1.807, 2.05) is 10.6 Å². The first-order valence-corrected chi connectivity index (χ1v) is 11.7. The molecule has 2 aromatic rings.